The van der Waals surface area contributed by atoms with Gasteiger partial charge in [-0.15, -0.1) is 11.3 Å². The van der Waals surface area contributed by atoms with Crippen LogP contribution in [0, 0.1) is 0 Å². The van der Waals surface area contributed by atoms with Gasteiger partial charge >= 0.3 is 0 Å². The van der Waals surface area contributed by atoms with Crippen LogP contribution in [0.15, 0.2) is 180 Å². The van der Waals surface area contributed by atoms with Crippen molar-refractivity contribution in [3.8, 4) is 56.4 Å². The molecule has 4 nitrogen and oxygen atoms in total. The lowest BCUT2D eigenvalue weighted by molar-refractivity contribution is 0.672. The maximum absolute atomic E-state index is 9.38. The van der Waals surface area contributed by atoms with E-state index in [4.69, 9.17) is 30.3 Å². The van der Waals surface area contributed by atoms with E-state index in [-0.39, 0.29) is 56.4 Å². The third-order valence-corrected chi connectivity index (χ3v) is 10.7. The summed E-state index contributed by atoms with van der Waals surface area (Å²) in [5.41, 5.74) is 4.81. The maximum Gasteiger partial charge on any atom is 0.164 e. The molecule has 0 aliphatic carbocycles. The molecule has 0 fully saturated rings. The average Bonchev–Trinajstić information content (AvgIpc) is 3.91. The zero-order valence-corrected chi connectivity index (χ0v) is 29.0. The predicted octanol–water partition coefficient (Wildman–Crippen LogP) is 13.6. The molecule has 0 bridgehead atoms. The van der Waals surface area contributed by atoms with E-state index >= 15 is 0 Å². The summed E-state index contributed by atoms with van der Waals surface area (Å²) in [5, 5.41) is 2.03. The van der Waals surface area contributed by atoms with Gasteiger partial charge in [0.15, 0.2) is 17.5 Å². The standard InChI is InChI=1S/C49H29N3OS/c1-3-10-31(11-4-1)37-16-9-17-43-45(37)40-26-23-36(29-44(40)54-43)49-51-47(33-13-5-2-6-14-33)50-48(52-49)34-20-18-30(19-21-34)35-24-27-42-41(28-35)39-25-22-32-12-7-8-15-38(32)46(39)53-42/h1-29H/i7D,8D,12D,15D,22D,24D,25D,27D,28D. The van der Waals surface area contributed by atoms with Gasteiger partial charge in [0.25, 0.3) is 0 Å². The minimum Gasteiger partial charge on any atom is -0.455 e. The van der Waals surface area contributed by atoms with Gasteiger partial charge in [0.05, 0.1) is 12.3 Å². The van der Waals surface area contributed by atoms with Crippen molar-refractivity contribution in [2.45, 2.75) is 0 Å². The minimum absolute atomic E-state index is 0.0133. The molecule has 0 amide bonds. The van der Waals surface area contributed by atoms with Crippen LogP contribution in [0.2, 0.25) is 0 Å². The summed E-state index contributed by atoms with van der Waals surface area (Å²) in [6, 6.07) is 35.9. The Morgan fingerprint density at radius 3 is 1.94 bits per heavy atom. The van der Waals surface area contributed by atoms with E-state index in [1.807, 2.05) is 54.6 Å². The van der Waals surface area contributed by atoms with Crippen molar-refractivity contribution in [2.75, 3.05) is 0 Å². The fraction of sp³-hybridized carbons (Fsp3) is 0. The highest BCUT2D eigenvalue weighted by molar-refractivity contribution is 7.26. The van der Waals surface area contributed by atoms with Crippen LogP contribution in [0.1, 0.15) is 12.3 Å². The molecular formula is C49H29N3OS. The summed E-state index contributed by atoms with van der Waals surface area (Å²) >= 11 is 1.72. The Labute approximate surface area is 327 Å². The van der Waals surface area contributed by atoms with Crippen molar-refractivity contribution in [3.05, 3.63) is 176 Å². The van der Waals surface area contributed by atoms with Crippen molar-refractivity contribution >= 4 is 64.2 Å². The molecule has 0 saturated carbocycles. The number of thiophene rings is 1. The summed E-state index contributed by atoms with van der Waals surface area (Å²) in [7, 11) is 0. The number of hydrogen-bond acceptors (Lipinski definition) is 5. The summed E-state index contributed by atoms with van der Waals surface area (Å²) in [5.74, 6) is 1.37. The van der Waals surface area contributed by atoms with Crippen LogP contribution >= 0.6 is 11.3 Å². The monoisotopic (exact) mass is 716 g/mol. The molecule has 0 saturated heterocycles. The quantitative estimate of drug-likeness (QED) is 0.178. The van der Waals surface area contributed by atoms with Crippen LogP contribution < -0.4 is 0 Å². The second-order valence-electron chi connectivity index (χ2n) is 12.9. The van der Waals surface area contributed by atoms with Crippen molar-refractivity contribution < 1.29 is 16.8 Å². The van der Waals surface area contributed by atoms with Crippen LogP contribution in [0.3, 0.4) is 0 Å². The van der Waals surface area contributed by atoms with Gasteiger partial charge in [-0.1, -0.05) is 145 Å². The highest BCUT2D eigenvalue weighted by Crippen LogP contribution is 2.42. The molecule has 11 rings (SSSR count). The van der Waals surface area contributed by atoms with E-state index in [9.17, 15) is 1.37 Å². The van der Waals surface area contributed by atoms with Crippen LogP contribution in [-0.4, -0.2) is 15.0 Å². The molecule has 54 heavy (non-hydrogen) atoms. The van der Waals surface area contributed by atoms with Crippen molar-refractivity contribution in [3.63, 3.8) is 0 Å². The van der Waals surface area contributed by atoms with Gasteiger partial charge in [-0.05, 0) is 57.9 Å². The molecule has 0 unspecified atom stereocenters. The first-order valence-electron chi connectivity index (χ1n) is 21.8. The van der Waals surface area contributed by atoms with E-state index in [1.54, 1.807) is 35.6 Å². The Bertz CT molecular complexity index is 3730. The van der Waals surface area contributed by atoms with Crippen LogP contribution in [0.5, 0.6) is 0 Å². The number of benzene rings is 8. The normalized spacial score (nSPS) is 14.0. The van der Waals surface area contributed by atoms with Crippen LogP contribution in [0.25, 0.3) is 109 Å². The SMILES string of the molecule is [2H]c1c(-c2ccc(-c3nc(-c4ccccc4)nc(-c4ccc5c(c4)sc4cccc(-c6ccccc6)c45)n3)cc2)c([2H])c2c(oc3c4c([2H])c([2H])c([2H])c([2H])c4c([2H])c([2H])c32)c1[2H]. The lowest BCUT2D eigenvalue weighted by Gasteiger charge is -2.09. The smallest absolute Gasteiger partial charge is 0.164 e. The third kappa shape index (κ3) is 5.09. The Morgan fingerprint density at radius 2 is 1.15 bits per heavy atom. The summed E-state index contributed by atoms with van der Waals surface area (Å²) in [4.78, 5) is 14.8. The molecule has 0 N–H and O–H groups in total. The number of nitrogens with zero attached hydrogens (tertiary/aromatic N) is 3. The summed E-state index contributed by atoms with van der Waals surface area (Å²) in [6.45, 7) is 0. The lowest BCUT2D eigenvalue weighted by Crippen LogP contribution is -2.00. The summed E-state index contributed by atoms with van der Waals surface area (Å²) < 4.78 is 87.0. The molecule has 3 heterocycles. The lowest BCUT2D eigenvalue weighted by atomic mass is 9.99. The minimum atomic E-state index is -0.548. The molecule has 8 aromatic carbocycles. The topological polar surface area (TPSA) is 51.8 Å². The molecular weight excluding hydrogens is 679 g/mol. The fourth-order valence-corrected chi connectivity index (χ4v) is 8.19. The van der Waals surface area contributed by atoms with Crippen LogP contribution in [-0.2, 0) is 0 Å². The number of hydrogen-bond donors (Lipinski definition) is 0. The van der Waals surface area contributed by atoms with Crippen molar-refractivity contribution in [2.24, 2.45) is 0 Å². The first-order valence-corrected chi connectivity index (χ1v) is 18.1. The van der Waals surface area contributed by atoms with Crippen molar-refractivity contribution in [1.29, 1.82) is 0 Å². The first kappa shape index (κ1) is 22.9. The predicted molar refractivity (Wildman–Crippen MR) is 225 cm³/mol. The van der Waals surface area contributed by atoms with Gasteiger partial charge in [0.1, 0.15) is 11.2 Å². The third-order valence-electron chi connectivity index (χ3n) is 9.63. The Kier molecular flexibility index (Phi) is 5.22. The van der Waals surface area contributed by atoms with E-state index < -0.39 is 36.3 Å². The Hall–Kier alpha value is -6.95. The molecule has 0 aliphatic heterocycles. The maximum atomic E-state index is 9.38. The largest absolute Gasteiger partial charge is 0.455 e. The Morgan fingerprint density at radius 1 is 0.463 bits per heavy atom. The molecule has 3 aromatic heterocycles. The van der Waals surface area contributed by atoms with Gasteiger partial charge in [0.2, 0.25) is 0 Å². The molecule has 5 heteroatoms. The van der Waals surface area contributed by atoms with Gasteiger partial charge in [-0.25, -0.2) is 15.0 Å². The molecule has 0 aliphatic rings. The second kappa shape index (κ2) is 12.3. The highest BCUT2D eigenvalue weighted by Gasteiger charge is 2.17. The number of rotatable bonds is 5. The number of fused-ring (bicyclic) bond motifs is 8. The molecule has 252 valence electrons. The number of aromatic nitrogens is 3. The summed E-state index contributed by atoms with van der Waals surface area (Å²) in [6.07, 6.45) is 0. The zero-order valence-electron chi connectivity index (χ0n) is 37.2. The molecule has 0 radical (unpaired) electrons. The second-order valence-corrected chi connectivity index (χ2v) is 14.0. The van der Waals surface area contributed by atoms with Gasteiger partial charge in [-0.3, -0.25) is 0 Å². The highest BCUT2D eigenvalue weighted by atomic mass is 32.1. The van der Waals surface area contributed by atoms with E-state index in [2.05, 4.69) is 42.5 Å². The molecule has 0 atom stereocenters. The number of furan rings is 1. The van der Waals surface area contributed by atoms with E-state index in [1.165, 1.54) is 15.6 Å². The zero-order chi connectivity index (χ0) is 43.4. The fourth-order valence-electron chi connectivity index (χ4n) is 7.01. The van der Waals surface area contributed by atoms with Gasteiger partial charge in [-0.2, -0.15) is 0 Å². The Balaban J connectivity index is 1.04. The van der Waals surface area contributed by atoms with Crippen molar-refractivity contribution in [1.82, 2.24) is 15.0 Å². The van der Waals surface area contributed by atoms with Gasteiger partial charge in [0, 0.05) is 53.0 Å². The van der Waals surface area contributed by atoms with Crippen LogP contribution in [0.4, 0.5) is 0 Å². The van der Waals surface area contributed by atoms with Gasteiger partial charge < -0.3 is 4.42 Å². The van der Waals surface area contributed by atoms with E-state index in [0.717, 1.165) is 26.8 Å². The first-order chi connectivity index (χ1) is 30.5. The van der Waals surface area contributed by atoms with E-state index in [0.29, 0.717) is 28.6 Å². The molecule has 0 spiro atoms. The molecule has 11 aromatic rings. The average molecular weight is 717 g/mol.